The first-order chi connectivity index (χ1) is 11.7. The number of rotatable bonds is 6. The van der Waals surface area contributed by atoms with Crippen molar-refractivity contribution in [1.29, 1.82) is 0 Å². The highest BCUT2D eigenvalue weighted by Gasteiger charge is 2.29. The average molecular weight is 362 g/mol. The molecule has 1 aliphatic carbocycles. The predicted molar refractivity (Wildman–Crippen MR) is 97.6 cm³/mol. The molecule has 1 saturated carbocycles. The minimum Gasteiger partial charge on any atom is -0.497 e. The number of aromatic amines is 1. The van der Waals surface area contributed by atoms with Gasteiger partial charge in [0, 0.05) is 22.6 Å². The average Bonchev–Trinajstić information content (AvgIpc) is 3.21. The maximum Gasteiger partial charge on any atom is 0.344 e. The monoisotopic (exact) mass is 362 g/mol. The van der Waals surface area contributed by atoms with E-state index in [-0.39, 0.29) is 5.69 Å². The van der Waals surface area contributed by atoms with E-state index in [1.54, 1.807) is 35.2 Å². The summed E-state index contributed by atoms with van der Waals surface area (Å²) < 4.78 is 6.99. The molecule has 0 unspecified atom stereocenters. The van der Waals surface area contributed by atoms with E-state index in [4.69, 9.17) is 4.74 Å². The van der Waals surface area contributed by atoms with Gasteiger partial charge in [0.15, 0.2) is 5.16 Å². The lowest BCUT2D eigenvalue weighted by molar-refractivity contribution is 0.415. The molecule has 1 aliphatic heterocycles. The van der Waals surface area contributed by atoms with Gasteiger partial charge in [0.25, 0.3) is 0 Å². The molecular formula is C16H18N4O2S2. The van der Waals surface area contributed by atoms with Crippen LogP contribution in [0.25, 0.3) is 0 Å². The molecule has 8 heteroatoms. The minimum absolute atomic E-state index is 0.0887. The summed E-state index contributed by atoms with van der Waals surface area (Å²) in [5, 5.41) is 9.02. The first-order valence-corrected chi connectivity index (χ1v) is 9.76. The zero-order valence-corrected chi connectivity index (χ0v) is 14.9. The lowest BCUT2D eigenvalue weighted by Gasteiger charge is -2.08. The number of hydrogen-bond acceptors (Lipinski definition) is 6. The van der Waals surface area contributed by atoms with Gasteiger partial charge in [-0.25, -0.2) is 9.89 Å². The van der Waals surface area contributed by atoms with Gasteiger partial charge in [0.2, 0.25) is 0 Å². The van der Waals surface area contributed by atoms with Crippen molar-refractivity contribution in [3.05, 3.63) is 40.3 Å². The largest absolute Gasteiger partial charge is 0.497 e. The van der Waals surface area contributed by atoms with Crippen molar-refractivity contribution in [2.45, 2.75) is 29.3 Å². The van der Waals surface area contributed by atoms with E-state index in [9.17, 15) is 4.79 Å². The number of thioether (sulfide) groups is 2. The molecular weight excluding hydrogens is 344 g/mol. The van der Waals surface area contributed by atoms with Gasteiger partial charge in [0.05, 0.1) is 18.7 Å². The van der Waals surface area contributed by atoms with Gasteiger partial charge in [-0.1, -0.05) is 11.8 Å². The molecule has 24 heavy (non-hydrogen) atoms. The lowest BCUT2D eigenvalue weighted by atomic mass is 10.2. The van der Waals surface area contributed by atoms with Crippen molar-refractivity contribution in [2.24, 2.45) is 4.99 Å². The SMILES string of the molecule is COc1ccc(C2=NC[C@@H](CSc3n[nH]c(=O)n3C3CC3)S2)cc1. The highest BCUT2D eigenvalue weighted by molar-refractivity contribution is 8.16. The van der Waals surface area contributed by atoms with Gasteiger partial charge < -0.3 is 4.74 Å². The Morgan fingerprint density at radius 2 is 2.17 bits per heavy atom. The van der Waals surface area contributed by atoms with Gasteiger partial charge in [0.1, 0.15) is 5.75 Å². The maximum atomic E-state index is 11.8. The molecule has 1 atom stereocenters. The third kappa shape index (κ3) is 3.25. The lowest BCUT2D eigenvalue weighted by Crippen LogP contribution is -2.16. The molecule has 1 aromatic heterocycles. The number of H-pyrrole nitrogens is 1. The highest BCUT2D eigenvalue weighted by atomic mass is 32.2. The molecule has 1 aromatic carbocycles. The van der Waals surface area contributed by atoms with Crippen LogP contribution in [0.5, 0.6) is 5.75 Å². The molecule has 126 valence electrons. The molecule has 2 aromatic rings. The van der Waals surface area contributed by atoms with Crippen LogP contribution in [0, 0.1) is 0 Å². The van der Waals surface area contributed by atoms with Crippen LogP contribution in [0.15, 0.2) is 39.2 Å². The number of methoxy groups -OCH3 is 1. The molecule has 4 rings (SSSR count). The first kappa shape index (κ1) is 15.8. The van der Waals surface area contributed by atoms with Crippen LogP contribution < -0.4 is 10.4 Å². The molecule has 0 amide bonds. The molecule has 6 nitrogen and oxygen atoms in total. The molecule has 1 N–H and O–H groups in total. The van der Waals surface area contributed by atoms with E-state index in [0.717, 1.165) is 46.7 Å². The fourth-order valence-electron chi connectivity index (χ4n) is 2.61. The van der Waals surface area contributed by atoms with Crippen LogP contribution in [0.4, 0.5) is 0 Å². The number of ether oxygens (including phenoxy) is 1. The van der Waals surface area contributed by atoms with Crippen molar-refractivity contribution in [3.8, 4) is 5.75 Å². The minimum atomic E-state index is -0.0887. The number of aromatic nitrogens is 3. The van der Waals surface area contributed by atoms with Crippen LogP contribution in [0.3, 0.4) is 0 Å². The Bertz CT molecular complexity index is 808. The predicted octanol–water partition coefficient (Wildman–Crippen LogP) is 2.57. The maximum absolute atomic E-state index is 11.8. The zero-order valence-electron chi connectivity index (χ0n) is 13.3. The van der Waals surface area contributed by atoms with E-state index in [1.165, 1.54) is 0 Å². The number of nitrogens with one attached hydrogen (secondary N) is 1. The Labute approximate surface area is 148 Å². The van der Waals surface area contributed by atoms with Gasteiger partial charge in [-0.05, 0) is 37.1 Å². The molecule has 0 bridgehead atoms. The fourth-order valence-corrected chi connectivity index (χ4v) is 4.90. The summed E-state index contributed by atoms with van der Waals surface area (Å²) in [6.45, 7) is 0.803. The van der Waals surface area contributed by atoms with Crippen LogP contribution >= 0.6 is 23.5 Å². The standard InChI is InChI=1S/C16H18N4O2S2/c1-22-12-6-2-10(3-7-12)14-17-8-13(24-14)9-23-16-19-18-15(21)20(16)11-4-5-11/h2-3,6-7,11,13H,4-5,8-9H2,1H3,(H,18,21)/t13-/m0/s1. The summed E-state index contributed by atoms with van der Waals surface area (Å²) in [5.41, 5.74) is 1.04. The zero-order chi connectivity index (χ0) is 16.5. The third-order valence-electron chi connectivity index (χ3n) is 4.04. The molecule has 0 spiro atoms. The van der Waals surface area contributed by atoms with E-state index in [2.05, 4.69) is 15.2 Å². The summed E-state index contributed by atoms with van der Waals surface area (Å²) in [6, 6.07) is 8.34. The van der Waals surface area contributed by atoms with Gasteiger partial charge in [-0.15, -0.1) is 16.9 Å². The fraction of sp³-hybridized carbons (Fsp3) is 0.438. The first-order valence-electron chi connectivity index (χ1n) is 7.90. The second-order valence-corrected chi connectivity index (χ2v) is 8.11. The Hall–Kier alpha value is -1.67. The molecule has 2 aliphatic rings. The number of benzene rings is 1. The molecule has 1 fully saturated rings. The van der Waals surface area contributed by atoms with Crippen molar-refractivity contribution in [2.75, 3.05) is 19.4 Å². The van der Waals surface area contributed by atoms with Crippen molar-refractivity contribution in [3.63, 3.8) is 0 Å². The highest BCUT2D eigenvalue weighted by Crippen LogP contribution is 2.37. The smallest absolute Gasteiger partial charge is 0.344 e. The van der Waals surface area contributed by atoms with Crippen LogP contribution in [0.1, 0.15) is 24.4 Å². The van der Waals surface area contributed by atoms with Crippen LogP contribution in [-0.2, 0) is 0 Å². The van der Waals surface area contributed by atoms with Crippen molar-refractivity contribution < 1.29 is 4.74 Å². The van der Waals surface area contributed by atoms with E-state index >= 15 is 0 Å². The molecule has 2 heterocycles. The summed E-state index contributed by atoms with van der Waals surface area (Å²) in [5.74, 6) is 1.75. The topological polar surface area (TPSA) is 72.3 Å². The van der Waals surface area contributed by atoms with E-state index in [1.807, 2.05) is 24.3 Å². The van der Waals surface area contributed by atoms with E-state index < -0.39 is 0 Å². The second-order valence-electron chi connectivity index (χ2n) is 5.84. The van der Waals surface area contributed by atoms with Gasteiger partial charge >= 0.3 is 5.69 Å². The Balaban J connectivity index is 1.36. The Morgan fingerprint density at radius 1 is 1.38 bits per heavy atom. The number of hydrogen-bond donors (Lipinski definition) is 1. The summed E-state index contributed by atoms with van der Waals surface area (Å²) >= 11 is 3.44. The van der Waals surface area contributed by atoms with Gasteiger partial charge in [-0.3, -0.25) is 9.56 Å². The van der Waals surface area contributed by atoms with Crippen molar-refractivity contribution >= 4 is 28.6 Å². The number of aliphatic imine (C=N–C) groups is 1. The Morgan fingerprint density at radius 3 is 2.88 bits per heavy atom. The number of nitrogens with zero attached hydrogens (tertiary/aromatic N) is 3. The van der Waals surface area contributed by atoms with Crippen LogP contribution in [-0.4, -0.2) is 44.5 Å². The normalized spacial score (nSPS) is 20.2. The third-order valence-corrected chi connectivity index (χ3v) is 6.60. The van der Waals surface area contributed by atoms with Gasteiger partial charge in [-0.2, -0.15) is 0 Å². The van der Waals surface area contributed by atoms with Crippen LogP contribution in [0.2, 0.25) is 0 Å². The Kier molecular flexibility index (Phi) is 4.41. The van der Waals surface area contributed by atoms with Crippen molar-refractivity contribution in [1.82, 2.24) is 14.8 Å². The summed E-state index contributed by atoms with van der Waals surface area (Å²) in [7, 11) is 1.67. The molecule has 0 radical (unpaired) electrons. The quantitative estimate of drug-likeness (QED) is 0.800. The summed E-state index contributed by atoms with van der Waals surface area (Å²) in [4.78, 5) is 16.5. The second kappa shape index (κ2) is 6.68. The summed E-state index contributed by atoms with van der Waals surface area (Å²) in [6.07, 6.45) is 2.16. The van der Waals surface area contributed by atoms with E-state index in [0.29, 0.717) is 11.3 Å². The molecule has 0 saturated heterocycles.